The fourth-order valence-corrected chi connectivity index (χ4v) is 7.21. The molecule has 5 rings (SSSR count). The molecular formula is C28H28N2O5S2. The van der Waals surface area contributed by atoms with Gasteiger partial charge < -0.3 is 9.64 Å². The molecular weight excluding hydrogens is 508 g/mol. The molecule has 3 aromatic carbocycles. The predicted octanol–water partition coefficient (Wildman–Crippen LogP) is 5.28. The van der Waals surface area contributed by atoms with Gasteiger partial charge in [-0.3, -0.25) is 9.59 Å². The standard InChI is InChI=1S/C28H28N2O5S2/c31-25(21-12-14-22(15-13-21)37(33,34)29-17-6-1-7-18-29)20-35-28(32)16-19-30-23-8-2-4-10-26(23)36-27-11-5-3-9-24(27)30/h2-5,8-15H,1,6-7,16-20H2. The zero-order valence-corrected chi connectivity index (χ0v) is 22.0. The number of hydrogen-bond donors (Lipinski definition) is 0. The first-order valence-corrected chi connectivity index (χ1v) is 14.6. The van der Waals surface area contributed by atoms with Crippen LogP contribution in [-0.2, 0) is 19.6 Å². The van der Waals surface area contributed by atoms with Crippen LogP contribution in [0.15, 0.2) is 87.5 Å². The summed E-state index contributed by atoms with van der Waals surface area (Å²) in [5.41, 5.74) is 2.38. The van der Waals surface area contributed by atoms with E-state index >= 15 is 0 Å². The van der Waals surface area contributed by atoms with Crippen LogP contribution in [0.1, 0.15) is 36.0 Å². The van der Waals surface area contributed by atoms with Gasteiger partial charge in [0.1, 0.15) is 0 Å². The smallest absolute Gasteiger partial charge is 0.308 e. The Morgan fingerprint density at radius 1 is 0.811 bits per heavy atom. The first-order chi connectivity index (χ1) is 17.9. The highest BCUT2D eigenvalue weighted by atomic mass is 32.2. The van der Waals surface area contributed by atoms with Crippen molar-refractivity contribution < 1.29 is 22.7 Å². The van der Waals surface area contributed by atoms with Gasteiger partial charge in [0.25, 0.3) is 0 Å². The van der Waals surface area contributed by atoms with E-state index in [4.69, 9.17) is 4.74 Å². The number of rotatable bonds is 8. The van der Waals surface area contributed by atoms with E-state index < -0.39 is 16.0 Å². The molecule has 0 spiro atoms. The highest BCUT2D eigenvalue weighted by molar-refractivity contribution is 7.99. The van der Waals surface area contributed by atoms with Gasteiger partial charge in [-0.1, -0.05) is 42.4 Å². The van der Waals surface area contributed by atoms with E-state index in [0.29, 0.717) is 25.2 Å². The Hall–Kier alpha value is -3.14. The lowest BCUT2D eigenvalue weighted by Gasteiger charge is -2.32. The number of hydrogen-bond acceptors (Lipinski definition) is 7. The maximum atomic E-state index is 12.8. The number of piperidine rings is 1. The molecule has 0 unspecified atom stereocenters. The van der Waals surface area contributed by atoms with Crippen LogP contribution in [-0.4, -0.2) is 50.7 Å². The summed E-state index contributed by atoms with van der Waals surface area (Å²) >= 11 is 1.70. The Morgan fingerprint density at radius 2 is 1.41 bits per heavy atom. The molecule has 7 nitrogen and oxygen atoms in total. The zero-order chi connectivity index (χ0) is 25.8. The molecule has 1 saturated heterocycles. The fourth-order valence-electron chi connectivity index (χ4n) is 4.59. The Labute approximate surface area is 221 Å². The van der Waals surface area contributed by atoms with Crippen LogP contribution in [0.25, 0.3) is 0 Å². The number of anilines is 2. The lowest BCUT2D eigenvalue weighted by atomic mass is 10.1. The van der Waals surface area contributed by atoms with Crippen molar-refractivity contribution in [3.63, 3.8) is 0 Å². The minimum absolute atomic E-state index is 0.119. The highest BCUT2D eigenvalue weighted by Gasteiger charge is 2.26. The van der Waals surface area contributed by atoms with E-state index in [0.717, 1.165) is 40.4 Å². The number of para-hydroxylation sites is 2. The third-order valence-corrected chi connectivity index (χ3v) is 9.61. The Morgan fingerprint density at radius 3 is 2.03 bits per heavy atom. The second-order valence-electron chi connectivity index (χ2n) is 9.01. The summed E-state index contributed by atoms with van der Waals surface area (Å²) in [5, 5.41) is 0. The van der Waals surface area contributed by atoms with Crippen LogP contribution in [0.3, 0.4) is 0 Å². The van der Waals surface area contributed by atoms with Crippen molar-refractivity contribution in [2.75, 3.05) is 31.1 Å². The lowest BCUT2D eigenvalue weighted by Crippen LogP contribution is -2.35. The summed E-state index contributed by atoms with van der Waals surface area (Å²) in [6.07, 6.45) is 2.87. The first-order valence-electron chi connectivity index (χ1n) is 12.4. The predicted molar refractivity (Wildman–Crippen MR) is 143 cm³/mol. The Balaban J connectivity index is 1.17. The van der Waals surface area contributed by atoms with Crippen LogP contribution in [0.4, 0.5) is 11.4 Å². The van der Waals surface area contributed by atoms with Gasteiger partial charge in [-0.25, -0.2) is 8.42 Å². The summed E-state index contributed by atoms with van der Waals surface area (Å²) in [6, 6.07) is 22.0. The van der Waals surface area contributed by atoms with Crippen LogP contribution < -0.4 is 4.90 Å². The largest absolute Gasteiger partial charge is 0.457 e. The maximum Gasteiger partial charge on any atom is 0.308 e. The molecule has 9 heteroatoms. The number of sulfonamides is 1. The molecule has 1 fully saturated rings. The molecule has 0 atom stereocenters. The molecule has 0 N–H and O–H groups in total. The third-order valence-electron chi connectivity index (χ3n) is 6.56. The lowest BCUT2D eigenvalue weighted by molar-refractivity contribution is -0.142. The number of carbonyl (C=O) groups excluding carboxylic acids is 2. The maximum absolute atomic E-state index is 12.8. The molecule has 0 aliphatic carbocycles. The normalized spacial score (nSPS) is 15.5. The summed E-state index contributed by atoms with van der Waals surface area (Å²) in [7, 11) is -3.56. The summed E-state index contributed by atoms with van der Waals surface area (Å²) < 4.78 is 32.4. The number of carbonyl (C=O) groups is 2. The molecule has 0 bridgehead atoms. The SMILES string of the molecule is O=C(CCN1c2ccccc2Sc2ccccc21)OCC(=O)c1ccc(S(=O)(=O)N2CCCCC2)cc1. The van der Waals surface area contributed by atoms with Gasteiger partial charge in [0.05, 0.1) is 22.7 Å². The Kier molecular flexibility index (Phi) is 7.64. The average molecular weight is 537 g/mol. The van der Waals surface area contributed by atoms with Gasteiger partial charge in [0, 0.05) is 35.0 Å². The molecule has 0 saturated carbocycles. The number of benzene rings is 3. The molecule has 2 aliphatic rings. The molecule has 2 heterocycles. The van der Waals surface area contributed by atoms with Crippen LogP contribution >= 0.6 is 11.8 Å². The highest BCUT2D eigenvalue weighted by Crippen LogP contribution is 2.47. The second-order valence-corrected chi connectivity index (χ2v) is 12.0. The number of esters is 1. The van der Waals surface area contributed by atoms with E-state index in [1.54, 1.807) is 11.8 Å². The Bertz CT molecular complexity index is 1350. The van der Waals surface area contributed by atoms with E-state index in [1.165, 1.54) is 28.6 Å². The number of fused-ring (bicyclic) bond motifs is 2. The first kappa shape index (κ1) is 25.5. The topological polar surface area (TPSA) is 84.0 Å². The number of ether oxygens (including phenoxy) is 1. The zero-order valence-electron chi connectivity index (χ0n) is 20.3. The monoisotopic (exact) mass is 536 g/mol. The molecule has 0 radical (unpaired) electrons. The van der Waals surface area contributed by atoms with Crippen LogP contribution in [0, 0.1) is 0 Å². The van der Waals surface area contributed by atoms with Gasteiger partial charge in [0.15, 0.2) is 12.4 Å². The molecule has 37 heavy (non-hydrogen) atoms. The molecule has 2 aliphatic heterocycles. The van der Waals surface area contributed by atoms with Gasteiger partial charge in [-0.05, 0) is 61.4 Å². The summed E-state index contributed by atoms with van der Waals surface area (Å²) in [6.45, 7) is 1.07. The van der Waals surface area contributed by atoms with Crippen molar-refractivity contribution in [1.82, 2.24) is 4.31 Å². The number of ketones is 1. The van der Waals surface area contributed by atoms with Crippen molar-refractivity contribution in [2.24, 2.45) is 0 Å². The number of Topliss-reactive ketones (excluding diaryl/α,β-unsaturated/α-hetero) is 1. The van der Waals surface area contributed by atoms with E-state index in [2.05, 4.69) is 17.0 Å². The van der Waals surface area contributed by atoms with E-state index in [-0.39, 0.29) is 23.7 Å². The van der Waals surface area contributed by atoms with Crippen LogP contribution in [0.2, 0.25) is 0 Å². The van der Waals surface area contributed by atoms with Gasteiger partial charge in [-0.15, -0.1) is 0 Å². The third kappa shape index (κ3) is 5.58. The minimum Gasteiger partial charge on any atom is -0.457 e. The van der Waals surface area contributed by atoms with Crippen LogP contribution in [0.5, 0.6) is 0 Å². The van der Waals surface area contributed by atoms with Crippen molar-refractivity contribution in [2.45, 2.75) is 40.4 Å². The summed E-state index contributed by atoms with van der Waals surface area (Å²) in [4.78, 5) is 29.6. The number of nitrogens with zero attached hydrogens (tertiary/aromatic N) is 2. The van der Waals surface area contributed by atoms with Gasteiger partial charge in [-0.2, -0.15) is 4.31 Å². The van der Waals surface area contributed by atoms with Gasteiger partial charge in [0.2, 0.25) is 10.0 Å². The van der Waals surface area contributed by atoms with Crippen molar-refractivity contribution in [3.8, 4) is 0 Å². The van der Waals surface area contributed by atoms with Crippen molar-refractivity contribution in [3.05, 3.63) is 78.4 Å². The molecule has 0 amide bonds. The quantitative estimate of drug-likeness (QED) is 0.286. The van der Waals surface area contributed by atoms with Crippen molar-refractivity contribution in [1.29, 1.82) is 0 Å². The average Bonchev–Trinajstić information content (AvgIpc) is 2.94. The molecule has 0 aromatic heterocycles. The molecule has 3 aromatic rings. The second kappa shape index (κ2) is 11.1. The van der Waals surface area contributed by atoms with E-state index in [1.807, 2.05) is 36.4 Å². The molecule has 192 valence electrons. The van der Waals surface area contributed by atoms with E-state index in [9.17, 15) is 18.0 Å². The van der Waals surface area contributed by atoms with Gasteiger partial charge >= 0.3 is 5.97 Å². The minimum atomic E-state index is -3.56. The fraction of sp³-hybridized carbons (Fsp3) is 0.286. The van der Waals surface area contributed by atoms with Crippen molar-refractivity contribution >= 4 is 44.9 Å². The summed E-state index contributed by atoms with van der Waals surface area (Å²) in [5.74, 6) is -0.842.